The molecule has 3 rings (SSSR count). The lowest BCUT2D eigenvalue weighted by Crippen LogP contribution is -2.05. The minimum atomic E-state index is -0.693. The van der Waals surface area contributed by atoms with Crippen molar-refractivity contribution in [3.63, 3.8) is 0 Å². The number of aromatic nitrogens is 2. The number of hydrogen-bond donors (Lipinski definition) is 1. The van der Waals surface area contributed by atoms with Crippen LogP contribution in [0.25, 0.3) is 22.2 Å². The van der Waals surface area contributed by atoms with Gasteiger partial charge in [0.15, 0.2) is 11.4 Å². The first kappa shape index (κ1) is 14.8. The van der Waals surface area contributed by atoms with Crippen molar-refractivity contribution in [3.8, 4) is 22.8 Å². The molecule has 0 aliphatic carbocycles. The van der Waals surface area contributed by atoms with Crippen molar-refractivity contribution < 1.29 is 19.4 Å². The largest absolute Gasteiger partial charge is 0.505 e. The maximum atomic E-state index is 11.6. The van der Waals surface area contributed by atoms with E-state index in [9.17, 15) is 9.90 Å². The lowest BCUT2D eigenvalue weighted by molar-refractivity contribution is 0.0591. The summed E-state index contributed by atoms with van der Waals surface area (Å²) in [5.41, 5.74) is 1.94. The van der Waals surface area contributed by atoms with Crippen LogP contribution in [0.1, 0.15) is 10.5 Å². The van der Waals surface area contributed by atoms with Crippen molar-refractivity contribution in [2.75, 3.05) is 14.2 Å². The molecule has 6 heteroatoms. The summed E-state index contributed by atoms with van der Waals surface area (Å²) in [6.45, 7) is 0. The molecule has 6 nitrogen and oxygen atoms in total. The summed E-state index contributed by atoms with van der Waals surface area (Å²) in [5, 5.41) is 10.6. The number of nitrogens with zero attached hydrogens (tertiary/aromatic N) is 2. The maximum absolute atomic E-state index is 11.6. The number of esters is 1. The van der Waals surface area contributed by atoms with Gasteiger partial charge in [0.2, 0.25) is 0 Å². The Hall–Kier alpha value is -3.15. The molecule has 2 aromatic heterocycles. The second-order valence-electron chi connectivity index (χ2n) is 4.81. The highest BCUT2D eigenvalue weighted by Crippen LogP contribution is 2.29. The fraction of sp³-hybridized carbons (Fsp3) is 0.118. The number of aromatic hydroxyl groups is 1. The molecule has 0 aliphatic rings. The van der Waals surface area contributed by atoms with Gasteiger partial charge in [0.05, 0.1) is 31.6 Å². The van der Waals surface area contributed by atoms with E-state index in [1.165, 1.54) is 13.3 Å². The van der Waals surface area contributed by atoms with Crippen LogP contribution >= 0.6 is 0 Å². The number of carbonyl (C=O) groups is 1. The van der Waals surface area contributed by atoms with Crippen LogP contribution in [-0.4, -0.2) is 35.3 Å². The van der Waals surface area contributed by atoms with Crippen LogP contribution in [0, 0.1) is 0 Å². The third-order valence-electron chi connectivity index (χ3n) is 3.46. The standard InChI is InChI=1S/C17H14N2O4/c1-22-11-5-3-4-10(8-11)13-7-6-12-14(19-13)9-18-15(16(12)20)17(21)23-2/h3-9,20H,1-2H3. The Bertz CT molecular complexity index is 893. The van der Waals surface area contributed by atoms with Gasteiger partial charge in [-0.15, -0.1) is 0 Å². The van der Waals surface area contributed by atoms with Gasteiger partial charge in [0, 0.05) is 10.9 Å². The molecule has 3 aromatic rings. The van der Waals surface area contributed by atoms with Gasteiger partial charge in [0.25, 0.3) is 0 Å². The van der Waals surface area contributed by atoms with E-state index in [4.69, 9.17) is 4.74 Å². The molecule has 1 N–H and O–H groups in total. The molecule has 0 aliphatic heterocycles. The van der Waals surface area contributed by atoms with Gasteiger partial charge in [-0.3, -0.25) is 0 Å². The lowest BCUT2D eigenvalue weighted by Gasteiger charge is -2.08. The Morgan fingerprint density at radius 2 is 2.00 bits per heavy atom. The van der Waals surface area contributed by atoms with Crippen LogP contribution in [-0.2, 0) is 4.74 Å². The number of pyridine rings is 2. The fourth-order valence-electron chi connectivity index (χ4n) is 2.28. The summed E-state index contributed by atoms with van der Waals surface area (Å²) in [5.74, 6) is -0.202. The van der Waals surface area contributed by atoms with E-state index in [2.05, 4.69) is 14.7 Å². The van der Waals surface area contributed by atoms with E-state index in [0.29, 0.717) is 16.6 Å². The average Bonchev–Trinajstić information content (AvgIpc) is 2.61. The average molecular weight is 310 g/mol. The number of fused-ring (bicyclic) bond motifs is 1. The Balaban J connectivity index is 2.11. The molecule has 0 unspecified atom stereocenters. The number of rotatable bonds is 3. The first-order valence-corrected chi connectivity index (χ1v) is 6.85. The van der Waals surface area contributed by atoms with Crippen molar-refractivity contribution in [1.82, 2.24) is 9.97 Å². The smallest absolute Gasteiger partial charge is 0.360 e. The fourth-order valence-corrected chi connectivity index (χ4v) is 2.28. The van der Waals surface area contributed by atoms with Crippen LogP contribution in [0.2, 0.25) is 0 Å². The number of benzene rings is 1. The van der Waals surface area contributed by atoms with Crippen LogP contribution in [0.3, 0.4) is 0 Å². The van der Waals surface area contributed by atoms with Gasteiger partial charge in [-0.1, -0.05) is 12.1 Å². The summed E-state index contributed by atoms with van der Waals surface area (Å²) in [6, 6.07) is 11.0. The molecule has 23 heavy (non-hydrogen) atoms. The number of ether oxygens (including phenoxy) is 2. The van der Waals surface area contributed by atoms with E-state index in [-0.39, 0.29) is 11.4 Å². The first-order chi connectivity index (χ1) is 11.1. The van der Waals surface area contributed by atoms with E-state index < -0.39 is 5.97 Å². The molecular weight excluding hydrogens is 296 g/mol. The van der Waals surface area contributed by atoms with Gasteiger partial charge < -0.3 is 14.6 Å². The van der Waals surface area contributed by atoms with Crippen molar-refractivity contribution in [2.24, 2.45) is 0 Å². The quantitative estimate of drug-likeness (QED) is 0.749. The Morgan fingerprint density at radius 1 is 1.17 bits per heavy atom. The van der Waals surface area contributed by atoms with Gasteiger partial charge in [0.1, 0.15) is 5.75 Å². The molecule has 0 atom stereocenters. The van der Waals surface area contributed by atoms with Crippen molar-refractivity contribution in [1.29, 1.82) is 0 Å². The molecule has 1 aromatic carbocycles. The summed E-state index contributed by atoms with van der Waals surface area (Å²) in [6.07, 6.45) is 1.44. The second kappa shape index (κ2) is 5.92. The summed E-state index contributed by atoms with van der Waals surface area (Å²) in [7, 11) is 2.83. The number of carbonyl (C=O) groups excluding carboxylic acids is 1. The molecule has 0 amide bonds. The molecule has 0 saturated heterocycles. The molecule has 2 heterocycles. The molecule has 0 fully saturated rings. The minimum absolute atomic E-state index is 0.129. The SMILES string of the molecule is COC(=O)c1ncc2nc(-c3cccc(OC)c3)ccc2c1O. The topological polar surface area (TPSA) is 81.5 Å². The molecule has 0 bridgehead atoms. The molecule has 0 spiro atoms. The van der Waals surface area contributed by atoms with Gasteiger partial charge in [-0.25, -0.2) is 14.8 Å². The first-order valence-electron chi connectivity index (χ1n) is 6.85. The maximum Gasteiger partial charge on any atom is 0.360 e. The summed E-state index contributed by atoms with van der Waals surface area (Å²) >= 11 is 0. The summed E-state index contributed by atoms with van der Waals surface area (Å²) in [4.78, 5) is 20.0. The zero-order valence-electron chi connectivity index (χ0n) is 12.6. The van der Waals surface area contributed by atoms with E-state index in [0.717, 1.165) is 11.3 Å². The van der Waals surface area contributed by atoms with Gasteiger partial charge in [-0.2, -0.15) is 0 Å². The third-order valence-corrected chi connectivity index (χ3v) is 3.46. The third kappa shape index (κ3) is 2.66. The Kier molecular flexibility index (Phi) is 3.80. The van der Waals surface area contributed by atoms with Crippen LogP contribution < -0.4 is 4.74 Å². The Morgan fingerprint density at radius 3 is 2.74 bits per heavy atom. The summed E-state index contributed by atoms with van der Waals surface area (Å²) < 4.78 is 9.79. The molecule has 116 valence electrons. The Labute approximate surface area is 132 Å². The van der Waals surface area contributed by atoms with Crippen LogP contribution in [0.4, 0.5) is 0 Å². The predicted molar refractivity (Wildman–Crippen MR) is 84.5 cm³/mol. The lowest BCUT2D eigenvalue weighted by atomic mass is 10.1. The highest BCUT2D eigenvalue weighted by Gasteiger charge is 2.17. The van der Waals surface area contributed by atoms with Crippen molar-refractivity contribution in [2.45, 2.75) is 0 Å². The zero-order chi connectivity index (χ0) is 16.4. The van der Waals surface area contributed by atoms with Crippen molar-refractivity contribution in [3.05, 3.63) is 48.3 Å². The predicted octanol–water partition coefficient (Wildman–Crippen LogP) is 2.80. The minimum Gasteiger partial charge on any atom is -0.505 e. The normalized spacial score (nSPS) is 10.5. The van der Waals surface area contributed by atoms with Crippen LogP contribution in [0.5, 0.6) is 11.5 Å². The zero-order valence-corrected chi connectivity index (χ0v) is 12.6. The molecule has 0 radical (unpaired) electrons. The van der Waals surface area contributed by atoms with E-state index in [1.54, 1.807) is 19.2 Å². The highest BCUT2D eigenvalue weighted by molar-refractivity contribution is 5.98. The van der Waals surface area contributed by atoms with Crippen molar-refractivity contribution >= 4 is 16.9 Å². The number of hydrogen-bond acceptors (Lipinski definition) is 6. The van der Waals surface area contributed by atoms with E-state index in [1.807, 2.05) is 24.3 Å². The van der Waals surface area contributed by atoms with E-state index >= 15 is 0 Å². The monoisotopic (exact) mass is 310 g/mol. The number of methoxy groups -OCH3 is 2. The molecule has 0 saturated carbocycles. The second-order valence-corrected chi connectivity index (χ2v) is 4.81. The van der Waals surface area contributed by atoms with Crippen LogP contribution in [0.15, 0.2) is 42.6 Å². The molecular formula is C17H14N2O4. The highest BCUT2D eigenvalue weighted by atomic mass is 16.5. The van der Waals surface area contributed by atoms with Gasteiger partial charge >= 0.3 is 5.97 Å². The van der Waals surface area contributed by atoms with Gasteiger partial charge in [-0.05, 0) is 24.3 Å².